The first-order valence-electron chi connectivity index (χ1n) is 6.26. The highest BCUT2D eigenvalue weighted by atomic mass is 16.7. The molecule has 0 atom stereocenters. The summed E-state index contributed by atoms with van der Waals surface area (Å²) >= 11 is 0. The molecule has 0 saturated heterocycles. The third-order valence-electron chi connectivity index (χ3n) is 3.15. The van der Waals surface area contributed by atoms with Crippen LogP contribution in [0.15, 0.2) is 48.5 Å². The molecule has 0 radical (unpaired) electrons. The van der Waals surface area contributed by atoms with E-state index >= 15 is 0 Å². The maximum Gasteiger partial charge on any atom is 0.164 e. The second-order valence-corrected chi connectivity index (χ2v) is 4.70. The highest BCUT2D eigenvalue weighted by molar-refractivity contribution is 5.87. The van der Waals surface area contributed by atoms with Crippen LogP contribution in [-0.2, 0) is 0 Å². The van der Waals surface area contributed by atoms with Crippen LogP contribution in [0.4, 0.5) is 11.4 Å². The molecule has 2 aromatic carbocycles. The molecular weight excluding hydrogens is 254 g/mol. The van der Waals surface area contributed by atoms with Crippen molar-refractivity contribution in [2.24, 2.45) is 0 Å². The molecule has 0 bridgehead atoms. The Morgan fingerprint density at radius 2 is 1.60 bits per heavy atom. The van der Waals surface area contributed by atoms with Crippen molar-refractivity contribution < 1.29 is 5.03 Å². The van der Waals surface area contributed by atoms with E-state index in [0.29, 0.717) is 5.69 Å². The lowest BCUT2D eigenvalue weighted by Crippen LogP contribution is -2.27. The maximum atomic E-state index is 11.2. The Kier molecular flexibility index (Phi) is 3.89. The molecule has 5 nitrogen and oxygen atoms in total. The van der Waals surface area contributed by atoms with Crippen molar-refractivity contribution in [3.8, 4) is 11.1 Å². The van der Waals surface area contributed by atoms with E-state index in [2.05, 4.69) is 0 Å². The Morgan fingerprint density at radius 1 is 0.950 bits per heavy atom. The number of hydrazine groups is 1. The van der Waals surface area contributed by atoms with Crippen molar-refractivity contribution in [2.75, 3.05) is 31.1 Å². The van der Waals surface area contributed by atoms with Gasteiger partial charge in [0.2, 0.25) is 0 Å². The lowest BCUT2D eigenvalue weighted by Gasteiger charge is -2.22. The van der Waals surface area contributed by atoms with E-state index in [0.717, 1.165) is 21.8 Å². The van der Waals surface area contributed by atoms with E-state index in [1.807, 2.05) is 67.5 Å². The summed E-state index contributed by atoms with van der Waals surface area (Å²) in [6.45, 7) is 0. The third kappa shape index (κ3) is 2.56. The molecule has 0 spiro atoms. The summed E-state index contributed by atoms with van der Waals surface area (Å²) in [5.41, 5.74) is 3.20. The van der Waals surface area contributed by atoms with Crippen molar-refractivity contribution in [3.63, 3.8) is 0 Å². The molecular formula is C15H17N3O2. The number of anilines is 2. The van der Waals surface area contributed by atoms with E-state index in [1.54, 1.807) is 0 Å². The van der Waals surface area contributed by atoms with Crippen molar-refractivity contribution in [1.82, 2.24) is 0 Å². The number of benzene rings is 2. The Bertz CT molecular complexity index is 612. The minimum absolute atomic E-state index is 0.408. The van der Waals surface area contributed by atoms with E-state index in [1.165, 1.54) is 7.05 Å². The van der Waals surface area contributed by atoms with Crippen LogP contribution in [0.25, 0.3) is 11.1 Å². The van der Waals surface area contributed by atoms with Gasteiger partial charge in [-0.2, -0.15) is 0 Å². The van der Waals surface area contributed by atoms with Crippen LogP contribution >= 0.6 is 0 Å². The molecule has 0 unspecified atom stereocenters. The average molecular weight is 271 g/mol. The van der Waals surface area contributed by atoms with Gasteiger partial charge in [0.05, 0.1) is 12.7 Å². The maximum absolute atomic E-state index is 11.2. The van der Waals surface area contributed by atoms with Crippen LogP contribution in [-0.4, -0.2) is 26.2 Å². The van der Waals surface area contributed by atoms with Crippen LogP contribution in [0, 0.1) is 10.1 Å². The van der Waals surface area contributed by atoms with Crippen LogP contribution in [0.2, 0.25) is 0 Å². The molecule has 2 rings (SSSR count). The first-order valence-corrected chi connectivity index (χ1v) is 6.26. The fraction of sp³-hybridized carbons (Fsp3) is 0.200. The molecule has 0 saturated carbocycles. The Balaban J connectivity index is 2.68. The van der Waals surface area contributed by atoms with E-state index in [-0.39, 0.29) is 0 Å². The summed E-state index contributed by atoms with van der Waals surface area (Å²) in [6, 6.07) is 15.4. The molecule has 0 aliphatic carbocycles. The molecule has 0 aromatic heterocycles. The smallest absolute Gasteiger partial charge is 0.164 e. The summed E-state index contributed by atoms with van der Waals surface area (Å²) in [7, 11) is 5.22. The second kappa shape index (κ2) is 5.61. The van der Waals surface area contributed by atoms with Crippen molar-refractivity contribution >= 4 is 11.4 Å². The largest absolute Gasteiger partial charge is 0.376 e. The summed E-state index contributed by atoms with van der Waals surface area (Å²) in [6.07, 6.45) is 0. The lowest BCUT2D eigenvalue weighted by atomic mass is 10.0. The number of hydrogen-bond acceptors (Lipinski definition) is 3. The standard InChI is InChI=1S/C15H17N3O2/c1-16(2)14-11-7-10-13(12-8-5-4-6-9-12)15(14)17(3)18(19)20/h4-11H,1-3H3. The predicted octanol–water partition coefficient (Wildman–Crippen LogP) is 3.05. The van der Waals surface area contributed by atoms with E-state index in [9.17, 15) is 10.1 Å². The summed E-state index contributed by atoms with van der Waals surface area (Å²) in [5, 5.41) is 11.8. The number of para-hydroxylation sites is 1. The summed E-state index contributed by atoms with van der Waals surface area (Å²) in [4.78, 5) is 13.0. The molecule has 0 heterocycles. The van der Waals surface area contributed by atoms with Crippen LogP contribution in [0.1, 0.15) is 0 Å². The Labute approximate surface area is 118 Å². The Morgan fingerprint density at radius 3 is 2.15 bits per heavy atom. The van der Waals surface area contributed by atoms with Gasteiger partial charge in [0, 0.05) is 19.7 Å². The topological polar surface area (TPSA) is 49.6 Å². The second-order valence-electron chi connectivity index (χ2n) is 4.70. The molecule has 2 aromatic rings. The fourth-order valence-corrected chi connectivity index (χ4v) is 2.16. The first-order chi connectivity index (χ1) is 9.52. The number of nitro groups is 1. The molecule has 0 aliphatic rings. The minimum Gasteiger partial charge on any atom is -0.376 e. The molecule has 0 N–H and O–H groups in total. The quantitative estimate of drug-likeness (QED) is 0.633. The van der Waals surface area contributed by atoms with E-state index < -0.39 is 5.03 Å². The van der Waals surface area contributed by atoms with Crippen molar-refractivity contribution in [2.45, 2.75) is 0 Å². The highest BCUT2D eigenvalue weighted by Gasteiger charge is 2.21. The molecule has 0 fully saturated rings. The Hall–Kier alpha value is -2.56. The zero-order chi connectivity index (χ0) is 14.7. The molecule has 104 valence electrons. The third-order valence-corrected chi connectivity index (χ3v) is 3.15. The number of nitrogens with zero attached hydrogens (tertiary/aromatic N) is 3. The number of rotatable bonds is 4. The fourth-order valence-electron chi connectivity index (χ4n) is 2.16. The zero-order valence-electron chi connectivity index (χ0n) is 11.8. The van der Waals surface area contributed by atoms with E-state index in [4.69, 9.17) is 0 Å². The highest BCUT2D eigenvalue weighted by Crippen LogP contribution is 2.37. The summed E-state index contributed by atoms with van der Waals surface area (Å²) < 4.78 is 0. The molecule has 5 heteroatoms. The average Bonchev–Trinajstić information content (AvgIpc) is 2.46. The van der Waals surface area contributed by atoms with Gasteiger partial charge in [-0.3, -0.25) is 0 Å². The lowest BCUT2D eigenvalue weighted by molar-refractivity contribution is -0.490. The van der Waals surface area contributed by atoms with Gasteiger partial charge in [-0.1, -0.05) is 47.5 Å². The van der Waals surface area contributed by atoms with Crippen LogP contribution < -0.4 is 9.91 Å². The van der Waals surface area contributed by atoms with Crippen LogP contribution in [0.3, 0.4) is 0 Å². The SMILES string of the molecule is CN(C)c1cccc(-c2ccccc2)c1N(C)[N+](=O)[O-]. The monoisotopic (exact) mass is 271 g/mol. The van der Waals surface area contributed by atoms with Gasteiger partial charge >= 0.3 is 0 Å². The molecule has 20 heavy (non-hydrogen) atoms. The van der Waals surface area contributed by atoms with Gasteiger partial charge in [0.15, 0.2) is 5.03 Å². The normalized spacial score (nSPS) is 10.2. The van der Waals surface area contributed by atoms with Gasteiger partial charge in [-0.05, 0) is 11.6 Å². The first kappa shape index (κ1) is 13.9. The van der Waals surface area contributed by atoms with Gasteiger partial charge in [-0.25, -0.2) is 10.1 Å². The van der Waals surface area contributed by atoms with Crippen molar-refractivity contribution in [1.29, 1.82) is 0 Å². The minimum atomic E-state index is -0.408. The van der Waals surface area contributed by atoms with Crippen LogP contribution in [0.5, 0.6) is 0 Å². The predicted molar refractivity (Wildman–Crippen MR) is 81.6 cm³/mol. The van der Waals surface area contributed by atoms with Gasteiger partial charge in [0.1, 0.15) is 5.69 Å². The van der Waals surface area contributed by atoms with Crippen molar-refractivity contribution in [3.05, 3.63) is 58.6 Å². The van der Waals surface area contributed by atoms with Gasteiger partial charge in [0.25, 0.3) is 0 Å². The zero-order valence-corrected chi connectivity index (χ0v) is 11.8. The molecule has 0 amide bonds. The number of hydrogen-bond donors (Lipinski definition) is 0. The van der Waals surface area contributed by atoms with Gasteiger partial charge < -0.3 is 4.90 Å². The molecule has 0 aliphatic heterocycles. The van der Waals surface area contributed by atoms with Gasteiger partial charge in [-0.15, -0.1) is 0 Å². The summed E-state index contributed by atoms with van der Waals surface area (Å²) in [5.74, 6) is 0.